The maximum absolute atomic E-state index is 5.57. The smallest absolute Gasteiger partial charge is 0.145 e. The number of rotatable bonds is 5. The van der Waals surface area contributed by atoms with Crippen LogP contribution < -0.4 is 14.5 Å². The highest BCUT2D eigenvalue weighted by Gasteiger charge is 2.20. The molecule has 5 heteroatoms. The fourth-order valence-corrected chi connectivity index (χ4v) is 3.95. The van der Waals surface area contributed by atoms with Crippen molar-refractivity contribution in [3.63, 3.8) is 0 Å². The Morgan fingerprint density at radius 1 is 1.07 bits per heavy atom. The Kier molecular flexibility index (Phi) is 5.35. The standard InChI is InChI=1S/C23H27N3O2/c1-4-26(20-10-6-5-9-19(20)25-12-14-28-15-13-25)21-16-17(2)24-23-18(21)8-7-11-22(23)27-3/h5-11,16H,4,12-15H2,1-3H3. The maximum atomic E-state index is 5.57. The summed E-state index contributed by atoms with van der Waals surface area (Å²) in [5, 5.41) is 1.10. The minimum atomic E-state index is 0.773. The molecule has 0 saturated carbocycles. The molecule has 0 spiro atoms. The molecular formula is C23H27N3O2. The molecule has 2 heterocycles. The molecule has 1 aromatic heterocycles. The van der Waals surface area contributed by atoms with E-state index in [4.69, 9.17) is 14.5 Å². The van der Waals surface area contributed by atoms with Gasteiger partial charge >= 0.3 is 0 Å². The van der Waals surface area contributed by atoms with Crippen molar-refractivity contribution in [2.24, 2.45) is 0 Å². The number of para-hydroxylation sites is 3. The van der Waals surface area contributed by atoms with Gasteiger partial charge in [-0.1, -0.05) is 24.3 Å². The predicted octanol–water partition coefficient (Wildman–Crippen LogP) is 4.55. The summed E-state index contributed by atoms with van der Waals surface area (Å²) in [6.07, 6.45) is 0. The largest absolute Gasteiger partial charge is 0.494 e. The fourth-order valence-electron chi connectivity index (χ4n) is 3.95. The summed E-state index contributed by atoms with van der Waals surface area (Å²) in [6, 6.07) is 16.9. The van der Waals surface area contributed by atoms with Crippen molar-refractivity contribution >= 4 is 28.0 Å². The summed E-state index contributed by atoms with van der Waals surface area (Å²) in [4.78, 5) is 9.54. The van der Waals surface area contributed by atoms with Crippen molar-refractivity contribution in [3.8, 4) is 5.75 Å². The van der Waals surface area contributed by atoms with Crippen LogP contribution in [0.25, 0.3) is 10.9 Å². The van der Waals surface area contributed by atoms with Gasteiger partial charge in [-0.2, -0.15) is 0 Å². The van der Waals surface area contributed by atoms with Gasteiger partial charge in [0.2, 0.25) is 0 Å². The van der Waals surface area contributed by atoms with Gasteiger partial charge < -0.3 is 19.3 Å². The summed E-state index contributed by atoms with van der Waals surface area (Å²) in [5.74, 6) is 0.806. The Morgan fingerprint density at radius 3 is 2.61 bits per heavy atom. The number of benzene rings is 2. The van der Waals surface area contributed by atoms with Crippen molar-refractivity contribution in [2.45, 2.75) is 13.8 Å². The van der Waals surface area contributed by atoms with Crippen LogP contribution in [0.1, 0.15) is 12.6 Å². The second-order valence-electron chi connectivity index (χ2n) is 6.97. The third-order valence-corrected chi connectivity index (χ3v) is 5.26. The first-order chi connectivity index (χ1) is 13.7. The molecule has 0 radical (unpaired) electrons. The number of hydrogen-bond donors (Lipinski definition) is 0. The summed E-state index contributed by atoms with van der Waals surface area (Å²) in [7, 11) is 1.70. The summed E-state index contributed by atoms with van der Waals surface area (Å²) < 4.78 is 11.1. The Balaban J connectivity index is 1.87. The number of fused-ring (bicyclic) bond motifs is 1. The first-order valence-corrected chi connectivity index (χ1v) is 9.86. The van der Waals surface area contributed by atoms with E-state index in [0.29, 0.717) is 0 Å². The first-order valence-electron chi connectivity index (χ1n) is 9.86. The van der Waals surface area contributed by atoms with Gasteiger partial charge in [0.05, 0.1) is 37.4 Å². The van der Waals surface area contributed by atoms with E-state index < -0.39 is 0 Å². The number of pyridine rings is 1. The zero-order chi connectivity index (χ0) is 19.5. The summed E-state index contributed by atoms with van der Waals surface area (Å²) in [5.41, 5.74) is 5.50. The normalized spacial score (nSPS) is 14.3. The third-order valence-electron chi connectivity index (χ3n) is 5.26. The summed E-state index contributed by atoms with van der Waals surface area (Å²) in [6.45, 7) is 8.47. The van der Waals surface area contributed by atoms with E-state index in [-0.39, 0.29) is 0 Å². The van der Waals surface area contributed by atoms with E-state index in [1.165, 1.54) is 11.4 Å². The molecule has 0 N–H and O–H groups in total. The van der Waals surface area contributed by atoms with Crippen molar-refractivity contribution in [1.29, 1.82) is 0 Å². The number of aryl methyl sites for hydroxylation is 1. The zero-order valence-corrected chi connectivity index (χ0v) is 16.8. The van der Waals surface area contributed by atoms with Gasteiger partial charge in [0.15, 0.2) is 0 Å². The van der Waals surface area contributed by atoms with Gasteiger partial charge in [-0.05, 0) is 38.1 Å². The number of morpholine rings is 1. The topological polar surface area (TPSA) is 37.8 Å². The van der Waals surface area contributed by atoms with E-state index in [0.717, 1.165) is 60.9 Å². The highest BCUT2D eigenvalue weighted by molar-refractivity contribution is 5.98. The molecule has 146 valence electrons. The molecule has 0 amide bonds. The van der Waals surface area contributed by atoms with E-state index in [1.807, 2.05) is 19.1 Å². The zero-order valence-electron chi connectivity index (χ0n) is 16.8. The van der Waals surface area contributed by atoms with Gasteiger partial charge in [-0.15, -0.1) is 0 Å². The molecule has 28 heavy (non-hydrogen) atoms. The average Bonchev–Trinajstić information content (AvgIpc) is 2.75. The lowest BCUT2D eigenvalue weighted by molar-refractivity contribution is 0.123. The lowest BCUT2D eigenvalue weighted by atomic mass is 10.1. The monoisotopic (exact) mass is 377 g/mol. The molecule has 0 unspecified atom stereocenters. The van der Waals surface area contributed by atoms with Crippen LogP contribution in [0.15, 0.2) is 48.5 Å². The van der Waals surface area contributed by atoms with Crippen LogP contribution in [0.3, 0.4) is 0 Å². The van der Waals surface area contributed by atoms with Crippen LogP contribution >= 0.6 is 0 Å². The van der Waals surface area contributed by atoms with Gasteiger partial charge in [0.1, 0.15) is 11.3 Å². The molecule has 0 aliphatic carbocycles. The van der Waals surface area contributed by atoms with E-state index in [2.05, 4.69) is 53.1 Å². The number of methoxy groups -OCH3 is 1. The van der Waals surface area contributed by atoms with Crippen molar-refractivity contribution < 1.29 is 9.47 Å². The van der Waals surface area contributed by atoms with Crippen molar-refractivity contribution in [1.82, 2.24) is 4.98 Å². The molecule has 3 aromatic rings. The van der Waals surface area contributed by atoms with Crippen LogP contribution in [-0.4, -0.2) is 44.9 Å². The molecule has 0 atom stereocenters. The van der Waals surface area contributed by atoms with E-state index >= 15 is 0 Å². The Morgan fingerprint density at radius 2 is 1.86 bits per heavy atom. The molecule has 5 nitrogen and oxygen atoms in total. The Bertz CT molecular complexity index is 967. The molecule has 1 saturated heterocycles. The molecule has 1 aliphatic heterocycles. The Labute approximate surface area is 166 Å². The van der Waals surface area contributed by atoms with Crippen LogP contribution in [0, 0.1) is 6.92 Å². The van der Waals surface area contributed by atoms with E-state index in [9.17, 15) is 0 Å². The molecule has 2 aromatic carbocycles. The molecule has 1 aliphatic rings. The van der Waals surface area contributed by atoms with Gasteiger partial charge in [0, 0.05) is 30.7 Å². The highest BCUT2D eigenvalue weighted by Crippen LogP contribution is 2.39. The van der Waals surface area contributed by atoms with Crippen LogP contribution in [0.4, 0.5) is 17.1 Å². The van der Waals surface area contributed by atoms with Gasteiger partial charge in [-0.3, -0.25) is 0 Å². The quantitative estimate of drug-likeness (QED) is 0.652. The number of hydrogen-bond acceptors (Lipinski definition) is 5. The Hall–Kier alpha value is -2.79. The SMILES string of the molecule is CCN(c1ccccc1N1CCOCC1)c1cc(C)nc2c(OC)cccc12. The minimum Gasteiger partial charge on any atom is -0.494 e. The van der Waals surface area contributed by atoms with Crippen molar-refractivity contribution in [3.05, 3.63) is 54.2 Å². The minimum absolute atomic E-state index is 0.773. The molecule has 1 fully saturated rings. The van der Waals surface area contributed by atoms with Gasteiger partial charge in [0.25, 0.3) is 0 Å². The summed E-state index contributed by atoms with van der Waals surface area (Å²) >= 11 is 0. The number of ether oxygens (including phenoxy) is 2. The van der Waals surface area contributed by atoms with E-state index in [1.54, 1.807) is 7.11 Å². The maximum Gasteiger partial charge on any atom is 0.145 e. The molecular weight excluding hydrogens is 350 g/mol. The van der Waals surface area contributed by atoms with Crippen molar-refractivity contribution in [2.75, 3.05) is 49.8 Å². The van der Waals surface area contributed by atoms with Crippen LogP contribution in [-0.2, 0) is 4.74 Å². The fraction of sp³-hybridized carbons (Fsp3) is 0.348. The highest BCUT2D eigenvalue weighted by atomic mass is 16.5. The molecule has 4 rings (SSSR count). The third kappa shape index (κ3) is 3.38. The van der Waals surface area contributed by atoms with Crippen LogP contribution in [0.2, 0.25) is 0 Å². The number of aromatic nitrogens is 1. The lowest BCUT2D eigenvalue weighted by Gasteiger charge is -2.34. The number of anilines is 3. The predicted molar refractivity (Wildman–Crippen MR) is 115 cm³/mol. The average molecular weight is 377 g/mol. The second kappa shape index (κ2) is 8.07. The number of nitrogens with zero attached hydrogens (tertiary/aromatic N) is 3. The van der Waals surface area contributed by atoms with Gasteiger partial charge in [-0.25, -0.2) is 4.98 Å². The lowest BCUT2D eigenvalue weighted by Crippen LogP contribution is -2.37. The first kappa shape index (κ1) is 18.6. The van der Waals surface area contributed by atoms with Crippen LogP contribution in [0.5, 0.6) is 5.75 Å². The molecule has 0 bridgehead atoms. The second-order valence-corrected chi connectivity index (χ2v) is 6.97.